The molecule has 0 aromatic carbocycles. The lowest BCUT2D eigenvalue weighted by Crippen LogP contribution is -2.39. The van der Waals surface area contributed by atoms with Gasteiger partial charge in [-0.25, -0.2) is 4.79 Å². The first-order chi connectivity index (χ1) is 11.9. The van der Waals surface area contributed by atoms with E-state index in [1.165, 1.54) is 4.57 Å². The van der Waals surface area contributed by atoms with Gasteiger partial charge in [0.2, 0.25) is 0 Å². The molecule has 7 nitrogen and oxygen atoms in total. The van der Waals surface area contributed by atoms with Crippen molar-refractivity contribution in [2.45, 2.75) is 33.4 Å². The quantitative estimate of drug-likeness (QED) is 0.626. The van der Waals surface area contributed by atoms with Gasteiger partial charge < -0.3 is 5.73 Å². The molecule has 0 saturated carbocycles. The maximum atomic E-state index is 12.7. The average Bonchev–Trinajstić information content (AvgIpc) is 2.95. The van der Waals surface area contributed by atoms with Gasteiger partial charge in [-0.3, -0.25) is 24.0 Å². The number of nitrogen functional groups attached to an aromatic ring is 1. The lowest BCUT2D eigenvalue weighted by Gasteiger charge is -2.19. The normalized spacial score (nSPS) is 11.2. The van der Waals surface area contributed by atoms with Gasteiger partial charge >= 0.3 is 5.69 Å². The van der Waals surface area contributed by atoms with E-state index in [0.29, 0.717) is 26.1 Å². The number of nitrogens with one attached hydrogen (secondary N) is 1. The smallest absolute Gasteiger partial charge is 0.329 e. The SMILES string of the molecule is CCCn1c(N)c(C(=O)CN(CC)Cc2ccc(Br)s2)c(=O)[nH]c1=O. The summed E-state index contributed by atoms with van der Waals surface area (Å²) in [4.78, 5) is 41.8. The number of carbonyl (C=O) groups excluding carboxylic acids is 1. The molecule has 3 N–H and O–H groups in total. The van der Waals surface area contributed by atoms with Crippen molar-refractivity contribution in [2.24, 2.45) is 0 Å². The van der Waals surface area contributed by atoms with E-state index in [2.05, 4.69) is 20.9 Å². The van der Waals surface area contributed by atoms with E-state index in [9.17, 15) is 14.4 Å². The van der Waals surface area contributed by atoms with E-state index >= 15 is 0 Å². The van der Waals surface area contributed by atoms with Crippen LogP contribution in [0.4, 0.5) is 5.82 Å². The highest BCUT2D eigenvalue weighted by atomic mass is 79.9. The van der Waals surface area contributed by atoms with Crippen molar-refractivity contribution in [3.8, 4) is 0 Å². The van der Waals surface area contributed by atoms with Crippen LogP contribution in [-0.4, -0.2) is 33.3 Å². The van der Waals surface area contributed by atoms with Crippen molar-refractivity contribution in [3.63, 3.8) is 0 Å². The van der Waals surface area contributed by atoms with Crippen LogP contribution in [0.5, 0.6) is 0 Å². The zero-order valence-electron chi connectivity index (χ0n) is 14.2. The topological polar surface area (TPSA) is 101 Å². The molecule has 2 rings (SSSR count). The summed E-state index contributed by atoms with van der Waals surface area (Å²) in [6.07, 6.45) is 0.665. The Morgan fingerprint density at radius 2 is 2.08 bits per heavy atom. The third-order valence-corrected chi connectivity index (χ3v) is 5.40. The van der Waals surface area contributed by atoms with Gasteiger partial charge in [-0.05, 0) is 41.0 Å². The average molecular weight is 429 g/mol. The number of nitrogens with two attached hydrogens (primary N) is 1. The first-order valence-electron chi connectivity index (χ1n) is 7.99. The van der Waals surface area contributed by atoms with Gasteiger partial charge in [-0.2, -0.15) is 0 Å². The predicted molar refractivity (Wildman–Crippen MR) is 103 cm³/mol. The number of ketones is 1. The second kappa shape index (κ2) is 8.59. The summed E-state index contributed by atoms with van der Waals surface area (Å²) in [5.74, 6) is -0.448. The Morgan fingerprint density at radius 1 is 1.36 bits per heavy atom. The minimum Gasteiger partial charge on any atom is -0.384 e. The number of hydrogen-bond donors (Lipinski definition) is 2. The fraction of sp³-hybridized carbons (Fsp3) is 0.438. The Bertz CT molecular complexity index is 871. The number of carbonyl (C=O) groups is 1. The van der Waals surface area contributed by atoms with Crippen LogP contribution in [-0.2, 0) is 13.1 Å². The first kappa shape index (κ1) is 19.6. The molecular weight excluding hydrogens is 408 g/mol. The minimum absolute atomic E-state index is 0.0592. The Kier molecular flexibility index (Phi) is 6.74. The van der Waals surface area contributed by atoms with Crippen LogP contribution in [0.1, 0.15) is 35.5 Å². The highest BCUT2D eigenvalue weighted by Crippen LogP contribution is 2.23. The van der Waals surface area contributed by atoms with Gasteiger partial charge in [-0.1, -0.05) is 13.8 Å². The van der Waals surface area contributed by atoms with Crippen molar-refractivity contribution in [3.05, 3.63) is 47.2 Å². The van der Waals surface area contributed by atoms with Gasteiger partial charge in [0.1, 0.15) is 11.4 Å². The molecular formula is C16H21BrN4O3S. The zero-order valence-corrected chi connectivity index (χ0v) is 16.6. The first-order valence-corrected chi connectivity index (χ1v) is 9.60. The zero-order chi connectivity index (χ0) is 18.6. The van der Waals surface area contributed by atoms with E-state index in [-0.39, 0.29) is 23.7 Å². The lowest BCUT2D eigenvalue weighted by molar-refractivity contribution is 0.0928. The van der Waals surface area contributed by atoms with Gasteiger partial charge in [0.25, 0.3) is 5.56 Å². The number of thiophene rings is 1. The van der Waals surface area contributed by atoms with E-state index in [0.717, 1.165) is 8.66 Å². The fourth-order valence-corrected chi connectivity index (χ4v) is 4.05. The summed E-state index contributed by atoms with van der Waals surface area (Å²) in [6, 6.07) is 3.95. The third-order valence-electron chi connectivity index (χ3n) is 3.79. The molecule has 25 heavy (non-hydrogen) atoms. The number of aromatic amines is 1. The molecule has 0 aliphatic carbocycles. The van der Waals surface area contributed by atoms with E-state index in [1.807, 2.05) is 30.9 Å². The molecule has 0 amide bonds. The van der Waals surface area contributed by atoms with Crippen LogP contribution in [0.25, 0.3) is 0 Å². The van der Waals surface area contributed by atoms with Crippen LogP contribution in [0.3, 0.4) is 0 Å². The molecule has 2 heterocycles. The summed E-state index contributed by atoms with van der Waals surface area (Å²) in [6.45, 7) is 5.49. The fourth-order valence-electron chi connectivity index (χ4n) is 2.52. The minimum atomic E-state index is -0.727. The summed E-state index contributed by atoms with van der Waals surface area (Å²) >= 11 is 5.02. The molecule has 0 radical (unpaired) electrons. The molecule has 136 valence electrons. The monoisotopic (exact) mass is 428 g/mol. The summed E-state index contributed by atoms with van der Waals surface area (Å²) < 4.78 is 2.26. The molecule has 0 aliphatic rings. The van der Waals surface area contributed by atoms with Crippen molar-refractivity contribution in [2.75, 3.05) is 18.8 Å². The molecule has 9 heteroatoms. The van der Waals surface area contributed by atoms with E-state index in [4.69, 9.17) is 5.73 Å². The molecule has 0 atom stereocenters. The number of rotatable bonds is 8. The lowest BCUT2D eigenvalue weighted by atomic mass is 10.1. The van der Waals surface area contributed by atoms with Crippen molar-refractivity contribution < 1.29 is 4.79 Å². The van der Waals surface area contributed by atoms with E-state index in [1.54, 1.807) is 11.3 Å². The summed E-state index contributed by atoms with van der Waals surface area (Å²) in [5, 5.41) is 0. The van der Waals surface area contributed by atoms with Crippen molar-refractivity contribution in [1.29, 1.82) is 0 Å². The number of halogens is 1. The molecule has 0 unspecified atom stereocenters. The molecule has 0 aliphatic heterocycles. The van der Waals surface area contributed by atoms with Crippen LogP contribution < -0.4 is 17.0 Å². The summed E-state index contributed by atoms with van der Waals surface area (Å²) in [5.41, 5.74) is 4.49. The Hall–Kier alpha value is -1.71. The van der Waals surface area contributed by atoms with Gasteiger partial charge in [0.05, 0.1) is 10.3 Å². The van der Waals surface area contributed by atoms with Crippen LogP contribution in [0.15, 0.2) is 25.5 Å². The number of H-pyrrole nitrogens is 1. The Balaban J connectivity index is 2.25. The maximum absolute atomic E-state index is 12.7. The Morgan fingerprint density at radius 3 is 2.64 bits per heavy atom. The van der Waals surface area contributed by atoms with Gasteiger partial charge in [0, 0.05) is 18.0 Å². The largest absolute Gasteiger partial charge is 0.384 e. The standard InChI is InChI=1S/C16H21BrN4O3S/c1-3-7-21-14(18)13(15(23)19-16(21)24)11(22)9-20(4-2)8-10-5-6-12(17)25-10/h5-6H,3-4,7-9,18H2,1-2H3,(H,19,23,24). The number of hydrogen-bond acceptors (Lipinski definition) is 6. The Labute approximate surface area is 157 Å². The molecule has 2 aromatic heterocycles. The number of nitrogens with zero attached hydrogens (tertiary/aromatic N) is 2. The number of likely N-dealkylation sites (N-methyl/N-ethyl adjacent to an activating group) is 1. The van der Waals surface area contributed by atoms with Crippen LogP contribution in [0, 0.1) is 0 Å². The third kappa shape index (κ3) is 4.68. The summed E-state index contributed by atoms with van der Waals surface area (Å²) in [7, 11) is 0. The van der Waals surface area contributed by atoms with Crippen molar-refractivity contribution in [1.82, 2.24) is 14.5 Å². The molecule has 2 aromatic rings. The number of aromatic nitrogens is 2. The second-order valence-corrected chi connectivity index (χ2v) is 8.15. The van der Waals surface area contributed by atoms with E-state index < -0.39 is 11.2 Å². The molecule has 0 bridgehead atoms. The van der Waals surface area contributed by atoms with Gasteiger partial charge in [0.15, 0.2) is 5.78 Å². The van der Waals surface area contributed by atoms with Crippen molar-refractivity contribution >= 4 is 38.9 Å². The second-order valence-electron chi connectivity index (χ2n) is 5.60. The number of Topliss-reactive ketones (excluding diaryl/α,β-unsaturated/α-hetero) is 1. The predicted octanol–water partition coefficient (Wildman–Crippen LogP) is 2.06. The number of anilines is 1. The maximum Gasteiger partial charge on any atom is 0.329 e. The molecule has 0 fully saturated rings. The molecule has 0 spiro atoms. The molecule has 0 saturated heterocycles. The van der Waals surface area contributed by atoms with Crippen LogP contribution >= 0.6 is 27.3 Å². The van der Waals surface area contributed by atoms with Gasteiger partial charge in [-0.15, -0.1) is 11.3 Å². The highest BCUT2D eigenvalue weighted by molar-refractivity contribution is 9.11. The highest BCUT2D eigenvalue weighted by Gasteiger charge is 2.21. The van der Waals surface area contributed by atoms with Crippen LogP contribution in [0.2, 0.25) is 0 Å².